The topological polar surface area (TPSA) is 54.3 Å². The minimum atomic E-state index is -4.66. The first-order valence-electron chi connectivity index (χ1n) is 8.75. The number of thiocarbonyl (C=S) groups is 1. The van der Waals surface area contributed by atoms with Crippen molar-refractivity contribution < 1.29 is 22.4 Å². The van der Waals surface area contributed by atoms with E-state index in [1.165, 1.54) is 12.1 Å². The Bertz CT molecular complexity index is 1210. The van der Waals surface area contributed by atoms with Gasteiger partial charge in [0.05, 0.1) is 16.3 Å². The van der Waals surface area contributed by atoms with Crippen molar-refractivity contribution in [3.8, 4) is 11.3 Å². The summed E-state index contributed by atoms with van der Waals surface area (Å²) < 4.78 is 45.1. The van der Waals surface area contributed by atoms with Gasteiger partial charge in [0.2, 0.25) is 5.91 Å². The lowest BCUT2D eigenvalue weighted by Gasteiger charge is -2.15. The highest BCUT2D eigenvalue weighted by Crippen LogP contribution is 2.36. The number of hydrogen-bond donors (Lipinski definition) is 2. The smallest absolute Gasteiger partial charge is 0.418 e. The van der Waals surface area contributed by atoms with Crippen molar-refractivity contribution in [2.24, 2.45) is 0 Å². The van der Waals surface area contributed by atoms with E-state index in [0.717, 1.165) is 18.2 Å². The number of benzene rings is 2. The molecule has 2 N–H and O–H groups in total. The van der Waals surface area contributed by atoms with Crippen molar-refractivity contribution in [3.63, 3.8) is 0 Å². The Morgan fingerprint density at radius 1 is 1.00 bits per heavy atom. The van der Waals surface area contributed by atoms with Crippen molar-refractivity contribution in [1.82, 2.24) is 5.32 Å². The van der Waals surface area contributed by atoms with Gasteiger partial charge in [-0.1, -0.05) is 34.8 Å². The van der Waals surface area contributed by atoms with E-state index in [2.05, 4.69) is 10.6 Å². The summed E-state index contributed by atoms with van der Waals surface area (Å²) in [6, 6.07) is 11.4. The van der Waals surface area contributed by atoms with Crippen molar-refractivity contribution in [1.29, 1.82) is 0 Å². The maximum absolute atomic E-state index is 13.2. The maximum Gasteiger partial charge on any atom is 0.418 e. The average Bonchev–Trinajstić information content (AvgIpc) is 3.15. The predicted octanol–water partition coefficient (Wildman–Crippen LogP) is 7.45. The lowest BCUT2D eigenvalue weighted by molar-refractivity contribution is -0.136. The van der Waals surface area contributed by atoms with Crippen LogP contribution in [-0.4, -0.2) is 11.0 Å². The van der Waals surface area contributed by atoms with Crippen LogP contribution in [0.25, 0.3) is 17.4 Å². The molecule has 0 unspecified atom stereocenters. The van der Waals surface area contributed by atoms with Crippen LogP contribution in [0.2, 0.25) is 15.1 Å². The quantitative estimate of drug-likeness (QED) is 0.278. The molecule has 3 rings (SSSR count). The van der Waals surface area contributed by atoms with Crippen molar-refractivity contribution >= 4 is 69.8 Å². The van der Waals surface area contributed by atoms with Gasteiger partial charge in [0.25, 0.3) is 0 Å². The fourth-order valence-electron chi connectivity index (χ4n) is 2.60. The number of rotatable bonds is 4. The molecule has 1 aromatic heterocycles. The Kier molecular flexibility index (Phi) is 7.51. The summed E-state index contributed by atoms with van der Waals surface area (Å²) >= 11 is 22.6. The molecule has 0 aliphatic carbocycles. The summed E-state index contributed by atoms with van der Waals surface area (Å²) in [5.41, 5.74) is -0.734. The molecule has 0 atom stereocenters. The van der Waals surface area contributed by atoms with E-state index in [0.29, 0.717) is 27.1 Å². The summed E-state index contributed by atoms with van der Waals surface area (Å²) in [4.78, 5) is 12.1. The number of nitrogens with one attached hydrogen (secondary N) is 2. The summed E-state index contributed by atoms with van der Waals surface area (Å²) in [5, 5.41) is 5.09. The Balaban J connectivity index is 1.64. The van der Waals surface area contributed by atoms with E-state index < -0.39 is 17.6 Å². The fraction of sp³-hybridized carbons (Fsp3) is 0.0476. The van der Waals surface area contributed by atoms with E-state index >= 15 is 0 Å². The van der Waals surface area contributed by atoms with Crippen LogP contribution in [-0.2, 0) is 11.0 Å². The van der Waals surface area contributed by atoms with Gasteiger partial charge >= 0.3 is 6.18 Å². The van der Waals surface area contributed by atoms with Crippen molar-refractivity contribution in [3.05, 3.63) is 81.0 Å². The van der Waals surface area contributed by atoms with Crippen LogP contribution in [0.15, 0.2) is 59.0 Å². The van der Waals surface area contributed by atoms with Crippen LogP contribution in [0.1, 0.15) is 11.3 Å². The number of halogens is 6. The Hall–Kier alpha value is -2.52. The Morgan fingerprint density at radius 2 is 1.69 bits per heavy atom. The predicted molar refractivity (Wildman–Crippen MR) is 124 cm³/mol. The molecule has 0 bridgehead atoms. The molecule has 0 saturated heterocycles. The highest BCUT2D eigenvalue weighted by molar-refractivity contribution is 7.80. The van der Waals surface area contributed by atoms with Gasteiger partial charge in [0, 0.05) is 21.7 Å². The number of anilines is 1. The molecule has 0 saturated carbocycles. The lowest BCUT2D eigenvalue weighted by atomic mass is 10.1. The SMILES string of the molecule is O=C(/C=C/c1ccc(-c2ccc(Cl)cc2Cl)o1)NC(=S)Nc1ccc(Cl)cc1C(F)(F)F. The highest BCUT2D eigenvalue weighted by atomic mass is 35.5. The molecule has 1 amide bonds. The number of carbonyl (C=O) groups excluding carboxylic acids is 1. The molecule has 11 heteroatoms. The van der Waals surface area contributed by atoms with E-state index in [1.54, 1.807) is 30.3 Å². The van der Waals surface area contributed by atoms with Crippen LogP contribution in [0.5, 0.6) is 0 Å². The van der Waals surface area contributed by atoms with E-state index in [4.69, 9.17) is 51.4 Å². The average molecular weight is 520 g/mol. The molecule has 2 aromatic carbocycles. The third kappa shape index (κ3) is 6.26. The van der Waals surface area contributed by atoms with Crippen LogP contribution in [0.4, 0.5) is 18.9 Å². The largest absolute Gasteiger partial charge is 0.457 e. The van der Waals surface area contributed by atoms with Gasteiger partial charge in [-0.15, -0.1) is 0 Å². The third-order valence-electron chi connectivity index (χ3n) is 3.99. The first-order chi connectivity index (χ1) is 15.0. The molecule has 0 spiro atoms. The zero-order valence-corrected chi connectivity index (χ0v) is 18.9. The van der Waals surface area contributed by atoms with Crippen LogP contribution in [0.3, 0.4) is 0 Å². The fourth-order valence-corrected chi connectivity index (χ4v) is 3.49. The number of carbonyl (C=O) groups is 1. The molecule has 0 radical (unpaired) electrons. The molecule has 166 valence electrons. The van der Waals surface area contributed by atoms with Gasteiger partial charge < -0.3 is 9.73 Å². The zero-order chi connectivity index (χ0) is 23.5. The summed E-state index contributed by atoms with van der Waals surface area (Å²) in [6.07, 6.45) is -2.17. The number of hydrogen-bond acceptors (Lipinski definition) is 3. The van der Waals surface area contributed by atoms with Crippen molar-refractivity contribution in [2.45, 2.75) is 6.18 Å². The van der Waals surface area contributed by atoms with Gasteiger partial charge in [-0.2, -0.15) is 13.2 Å². The van der Waals surface area contributed by atoms with Gasteiger partial charge in [-0.05, 0) is 66.8 Å². The molecular formula is C21H12Cl3F3N2O2S. The lowest BCUT2D eigenvalue weighted by Crippen LogP contribution is -2.33. The van der Waals surface area contributed by atoms with Gasteiger partial charge in [0.1, 0.15) is 11.5 Å². The molecule has 0 aliphatic heterocycles. The van der Waals surface area contributed by atoms with Crippen LogP contribution in [0, 0.1) is 0 Å². The van der Waals surface area contributed by atoms with E-state index in [1.807, 2.05) is 0 Å². The number of alkyl halides is 3. The minimum Gasteiger partial charge on any atom is -0.457 e. The molecule has 0 fully saturated rings. The van der Waals surface area contributed by atoms with Crippen molar-refractivity contribution in [2.75, 3.05) is 5.32 Å². The van der Waals surface area contributed by atoms with E-state index in [-0.39, 0.29) is 15.8 Å². The standard InChI is InChI=1S/C21H12Cl3F3N2O2S/c22-11-2-6-17(15(9-11)21(25,26)27)28-20(32)29-19(30)8-4-13-3-7-18(31-13)14-5-1-12(23)10-16(14)24/h1-10H,(H2,28,29,30,32)/b8-4+. The molecule has 3 aromatic rings. The molecule has 32 heavy (non-hydrogen) atoms. The summed E-state index contributed by atoms with van der Waals surface area (Å²) in [5.74, 6) is 0.135. The summed E-state index contributed by atoms with van der Waals surface area (Å²) in [6.45, 7) is 0. The second kappa shape index (κ2) is 9.95. The van der Waals surface area contributed by atoms with E-state index in [9.17, 15) is 18.0 Å². The van der Waals surface area contributed by atoms with Crippen LogP contribution >= 0.6 is 47.0 Å². The first-order valence-corrected chi connectivity index (χ1v) is 10.3. The zero-order valence-electron chi connectivity index (χ0n) is 15.8. The van der Waals surface area contributed by atoms with Gasteiger partial charge in [-0.25, -0.2) is 0 Å². The second-order valence-corrected chi connectivity index (χ2v) is 7.98. The Labute approximate surface area is 201 Å². The molecule has 4 nitrogen and oxygen atoms in total. The van der Waals surface area contributed by atoms with Crippen LogP contribution < -0.4 is 10.6 Å². The second-order valence-electron chi connectivity index (χ2n) is 6.29. The third-order valence-corrected chi connectivity index (χ3v) is 4.98. The maximum atomic E-state index is 13.2. The normalized spacial score (nSPS) is 11.6. The molecule has 1 heterocycles. The number of furan rings is 1. The highest BCUT2D eigenvalue weighted by Gasteiger charge is 2.34. The van der Waals surface area contributed by atoms with Gasteiger partial charge in [0.15, 0.2) is 5.11 Å². The first kappa shape index (κ1) is 24.1. The van der Waals surface area contributed by atoms with Gasteiger partial charge in [-0.3, -0.25) is 10.1 Å². The Morgan fingerprint density at radius 3 is 2.38 bits per heavy atom. The minimum absolute atomic E-state index is 0.0848. The number of amides is 1. The molecule has 0 aliphatic rings. The monoisotopic (exact) mass is 518 g/mol. The summed E-state index contributed by atoms with van der Waals surface area (Å²) in [7, 11) is 0. The molecular weight excluding hydrogens is 508 g/mol.